The number of carbonyl (C=O) groups is 1. The number of hydrogen-bond acceptors (Lipinski definition) is 6. The highest BCUT2D eigenvalue weighted by atomic mass is 19.1. The lowest BCUT2D eigenvalue weighted by atomic mass is 10.1. The Balaban J connectivity index is 1.53. The number of benzene rings is 1. The van der Waals surface area contributed by atoms with E-state index < -0.39 is 0 Å². The number of nitrogens with zero attached hydrogens (tertiary/aromatic N) is 5. The highest BCUT2D eigenvalue weighted by molar-refractivity contribution is 5.73. The Labute approximate surface area is 145 Å². The second kappa shape index (κ2) is 7.87. The Hall–Kier alpha value is -2.77. The third kappa shape index (κ3) is 4.62. The molecule has 0 bridgehead atoms. The largest absolute Gasteiger partial charge is 0.353 e. The predicted molar refractivity (Wildman–Crippen MR) is 92.9 cm³/mol. The van der Waals surface area contributed by atoms with Crippen molar-refractivity contribution in [2.75, 3.05) is 42.9 Å². The van der Waals surface area contributed by atoms with E-state index in [-0.39, 0.29) is 11.7 Å². The maximum atomic E-state index is 12.9. The number of carbonyl (C=O) groups excluding carboxylic acids is 1. The summed E-state index contributed by atoms with van der Waals surface area (Å²) in [5.74, 6) is 1.08. The standard InChI is InChI=1S/C17H21FN6O/c1-13(25)23-8-10-24(11-9-23)16-12-20-22-17(21-16)19-7-6-14-2-4-15(18)5-3-14/h2-5,12H,6-11H2,1H3,(H,19,21,22). The van der Waals surface area contributed by atoms with E-state index in [1.807, 2.05) is 4.90 Å². The maximum Gasteiger partial charge on any atom is 0.244 e. The minimum absolute atomic E-state index is 0.101. The quantitative estimate of drug-likeness (QED) is 0.882. The van der Waals surface area contributed by atoms with Crippen LogP contribution in [0.3, 0.4) is 0 Å². The topological polar surface area (TPSA) is 74.2 Å². The van der Waals surface area contributed by atoms with Crippen molar-refractivity contribution in [2.24, 2.45) is 0 Å². The Bertz CT molecular complexity index is 715. The molecule has 1 aromatic carbocycles. The zero-order valence-corrected chi connectivity index (χ0v) is 14.2. The molecule has 0 aliphatic carbocycles. The van der Waals surface area contributed by atoms with Crippen molar-refractivity contribution in [1.82, 2.24) is 20.1 Å². The van der Waals surface area contributed by atoms with Gasteiger partial charge in [0.15, 0.2) is 5.82 Å². The van der Waals surface area contributed by atoms with Crippen molar-refractivity contribution >= 4 is 17.7 Å². The highest BCUT2D eigenvalue weighted by Crippen LogP contribution is 2.14. The van der Waals surface area contributed by atoms with Crippen LogP contribution in [0, 0.1) is 5.82 Å². The van der Waals surface area contributed by atoms with Crippen LogP contribution in [0.2, 0.25) is 0 Å². The van der Waals surface area contributed by atoms with Gasteiger partial charge in [0.05, 0.1) is 6.20 Å². The molecule has 2 heterocycles. The van der Waals surface area contributed by atoms with Crippen LogP contribution in [-0.2, 0) is 11.2 Å². The number of anilines is 2. The summed E-state index contributed by atoms with van der Waals surface area (Å²) in [7, 11) is 0. The van der Waals surface area contributed by atoms with Gasteiger partial charge in [-0.2, -0.15) is 10.1 Å². The Morgan fingerprint density at radius 1 is 1.20 bits per heavy atom. The molecule has 1 aliphatic heterocycles. The Morgan fingerprint density at radius 3 is 2.60 bits per heavy atom. The van der Waals surface area contributed by atoms with Gasteiger partial charge in [0.1, 0.15) is 5.82 Å². The molecule has 1 N–H and O–H groups in total. The van der Waals surface area contributed by atoms with Crippen molar-refractivity contribution in [3.05, 3.63) is 41.8 Å². The normalized spacial score (nSPS) is 14.5. The van der Waals surface area contributed by atoms with Crippen LogP contribution in [0.15, 0.2) is 30.5 Å². The van der Waals surface area contributed by atoms with Crippen molar-refractivity contribution in [2.45, 2.75) is 13.3 Å². The summed E-state index contributed by atoms with van der Waals surface area (Å²) in [6, 6.07) is 6.44. The molecule has 2 aromatic rings. The molecule has 25 heavy (non-hydrogen) atoms. The SMILES string of the molecule is CC(=O)N1CCN(c2cnnc(NCCc3ccc(F)cc3)n2)CC1. The van der Waals surface area contributed by atoms with Gasteiger partial charge < -0.3 is 15.1 Å². The molecule has 1 saturated heterocycles. The molecule has 0 spiro atoms. The molecule has 0 saturated carbocycles. The van der Waals surface area contributed by atoms with Crippen molar-refractivity contribution in [1.29, 1.82) is 0 Å². The van der Waals surface area contributed by atoms with Crippen LogP contribution >= 0.6 is 0 Å². The average Bonchev–Trinajstić information content (AvgIpc) is 2.64. The monoisotopic (exact) mass is 344 g/mol. The maximum absolute atomic E-state index is 12.9. The number of amides is 1. The summed E-state index contributed by atoms with van der Waals surface area (Å²) in [4.78, 5) is 19.8. The zero-order chi connectivity index (χ0) is 17.6. The van der Waals surface area contributed by atoms with Crippen LogP contribution in [-0.4, -0.2) is 58.7 Å². The van der Waals surface area contributed by atoms with Gasteiger partial charge in [0, 0.05) is 39.6 Å². The molecule has 1 amide bonds. The van der Waals surface area contributed by atoms with E-state index in [0.717, 1.165) is 30.9 Å². The molecule has 132 valence electrons. The lowest BCUT2D eigenvalue weighted by Gasteiger charge is -2.34. The van der Waals surface area contributed by atoms with Gasteiger partial charge in [0.2, 0.25) is 11.9 Å². The van der Waals surface area contributed by atoms with Crippen LogP contribution in [0.25, 0.3) is 0 Å². The third-order valence-corrected chi connectivity index (χ3v) is 4.21. The van der Waals surface area contributed by atoms with E-state index in [0.29, 0.717) is 25.6 Å². The van der Waals surface area contributed by atoms with Gasteiger partial charge in [-0.1, -0.05) is 12.1 Å². The molecule has 0 radical (unpaired) electrons. The minimum atomic E-state index is -0.234. The highest BCUT2D eigenvalue weighted by Gasteiger charge is 2.20. The molecule has 0 unspecified atom stereocenters. The van der Waals surface area contributed by atoms with Crippen molar-refractivity contribution in [3.8, 4) is 0 Å². The molecule has 0 atom stereocenters. The first-order valence-electron chi connectivity index (χ1n) is 8.30. The smallest absolute Gasteiger partial charge is 0.244 e. The van der Waals surface area contributed by atoms with Crippen LogP contribution in [0.5, 0.6) is 0 Å². The van der Waals surface area contributed by atoms with Crippen molar-refractivity contribution in [3.63, 3.8) is 0 Å². The molecule has 7 nitrogen and oxygen atoms in total. The number of aromatic nitrogens is 3. The van der Waals surface area contributed by atoms with E-state index in [1.165, 1.54) is 12.1 Å². The second-order valence-electron chi connectivity index (χ2n) is 5.93. The molecule has 1 fully saturated rings. The number of hydrogen-bond donors (Lipinski definition) is 1. The summed E-state index contributed by atoms with van der Waals surface area (Å²) < 4.78 is 12.9. The molecule has 8 heteroatoms. The van der Waals surface area contributed by atoms with Gasteiger partial charge in [-0.05, 0) is 24.1 Å². The van der Waals surface area contributed by atoms with E-state index >= 15 is 0 Å². The number of halogens is 1. The Kier molecular flexibility index (Phi) is 5.37. The summed E-state index contributed by atoms with van der Waals surface area (Å²) in [6.07, 6.45) is 2.37. The van der Waals surface area contributed by atoms with Crippen LogP contribution in [0.4, 0.5) is 16.2 Å². The fourth-order valence-electron chi connectivity index (χ4n) is 2.74. The Morgan fingerprint density at radius 2 is 1.92 bits per heavy atom. The number of nitrogens with one attached hydrogen (secondary N) is 1. The molecule has 3 rings (SSSR count). The van der Waals surface area contributed by atoms with Crippen LogP contribution < -0.4 is 10.2 Å². The molecule has 1 aromatic heterocycles. The summed E-state index contributed by atoms with van der Waals surface area (Å²) >= 11 is 0. The fraction of sp³-hybridized carbons (Fsp3) is 0.412. The van der Waals surface area contributed by atoms with Gasteiger partial charge in [-0.15, -0.1) is 5.10 Å². The summed E-state index contributed by atoms with van der Waals surface area (Å²) in [6.45, 7) is 5.06. The molecular weight excluding hydrogens is 323 g/mol. The molecular formula is C17H21FN6O. The summed E-state index contributed by atoms with van der Waals surface area (Å²) in [5.41, 5.74) is 1.04. The predicted octanol–water partition coefficient (Wildman–Crippen LogP) is 1.33. The summed E-state index contributed by atoms with van der Waals surface area (Å²) in [5, 5.41) is 11.1. The number of rotatable bonds is 5. The van der Waals surface area contributed by atoms with Gasteiger partial charge in [0.25, 0.3) is 0 Å². The first-order valence-corrected chi connectivity index (χ1v) is 8.30. The van der Waals surface area contributed by atoms with E-state index in [2.05, 4.69) is 25.4 Å². The van der Waals surface area contributed by atoms with E-state index in [1.54, 1.807) is 25.3 Å². The fourth-order valence-corrected chi connectivity index (χ4v) is 2.74. The third-order valence-electron chi connectivity index (χ3n) is 4.21. The van der Waals surface area contributed by atoms with Crippen LogP contribution in [0.1, 0.15) is 12.5 Å². The first-order chi connectivity index (χ1) is 12.1. The second-order valence-corrected chi connectivity index (χ2v) is 5.93. The number of piperazine rings is 1. The zero-order valence-electron chi connectivity index (χ0n) is 14.2. The lowest BCUT2D eigenvalue weighted by molar-refractivity contribution is -0.129. The van der Waals surface area contributed by atoms with Gasteiger partial charge >= 0.3 is 0 Å². The van der Waals surface area contributed by atoms with Gasteiger partial charge in [-0.25, -0.2) is 4.39 Å². The van der Waals surface area contributed by atoms with E-state index in [4.69, 9.17) is 0 Å². The lowest BCUT2D eigenvalue weighted by Crippen LogP contribution is -2.48. The van der Waals surface area contributed by atoms with Gasteiger partial charge in [-0.3, -0.25) is 4.79 Å². The molecule has 1 aliphatic rings. The van der Waals surface area contributed by atoms with E-state index in [9.17, 15) is 9.18 Å². The average molecular weight is 344 g/mol. The minimum Gasteiger partial charge on any atom is -0.353 e. The first kappa shape index (κ1) is 17.1. The van der Waals surface area contributed by atoms with Crippen molar-refractivity contribution < 1.29 is 9.18 Å².